The van der Waals surface area contributed by atoms with Gasteiger partial charge in [0.15, 0.2) is 0 Å². The molecule has 1 aliphatic carbocycles. The van der Waals surface area contributed by atoms with Crippen LogP contribution in [0.2, 0.25) is 0 Å². The van der Waals surface area contributed by atoms with Gasteiger partial charge in [-0.2, -0.15) is 0 Å². The summed E-state index contributed by atoms with van der Waals surface area (Å²) in [6.07, 6.45) is 4.61. The topological polar surface area (TPSA) is 160 Å². The van der Waals surface area contributed by atoms with E-state index in [0.29, 0.717) is 38.0 Å². The molecular weight excluding hydrogens is 482 g/mol. The van der Waals surface area contributed by atoms with Crippen LogP contribution < -0.4 is 16.4 Å². The maximum atomic E-state index is 12.9. The monoisotopic (exact) mass is 519 g/mol. The van der Waals surface area contributed by atoms with E-state index in [1.54, 1.807) is 32.9 Å². The number of imide groups is 1. The van der Waals surface area contributed by atoms with E-state index in [1.165, 1.54) is 9.80 Å². The van der Waals surface area contributed by atoms with E-state index >= 15 is 0 Å². The lowest BCUT2D eigenvalue weighted by Crippen LogP contribution is -2.53. The molecule has 37 heavy (non-hydrogen) atoms. The van der Waals surface area contributed by atoms with E-state index in [1.807, 2.05) is 0 Å². The highest BCUT2D eigenvalue weighted by Crippen LogP contribution is 2.34. The van der Waals surface area contributed by atoms with Crippen molar-refractivity contribution in [3.05, 3.63) is 23.4 Å². The number of nitrogens with one attached hydrogen (secondary N) is 2. The summed E-state index contributed by atoms with van der Waals surface area (Å²) in [6.45, 7) is 6.72. The molecule has 0 saturated carbocycles. The Morgan fingerprint density at radius 2 is 2.00 bits per heavy atom. The van der Waals surface area contributed by atoms with E-state index in [4.69, 9.17) is 15.2 Å². The van der Waals surface area contributed by atoms with Gasteiger partial charge in [0.1, 0.15) is 18.2 Å². The van der Waals surface area contributed by atoms with Gasteiger partial charge in [-0.25, -0.2) is 4.79 Å². The summed E-state index contributed by atoms with van der Waals surface area (Å²) in [5.74, 6) is -1.65. The molecule has 12 heteroatoms. The average molecular weight is 520 g/mol. The van der Waals surface area contributed by atoms with Crippen molar-refractivity contribution in [2.24, 2.45) is 11.7 Å². The van der Waals surface area contributed by atoms with Gasteiger partial charge in [-0.1, -0.05) is 6.08 Å². The molecule has 3 rings (SSSR count). The normalized spacial score (nSPS) is 21.6. The van der Waals surface area contributed by atoms with Gasteiger partial charge in [-0.3, -0.25) is 24.5 Å². The Labute approximate surface area is 216 Å². The fraction of sp³-hybridized carbons (Fsp3) is 0.640. The fourth-order valence-electron chi connectivity index (χ4n) is 4.42. The summed E-state index contributed by atoms with van der Waals surface area (Å²) >= 11 is 0. The second-order valence-corrected chi connectivity index (χ2v) is 10.3. The predicted octanol–water partition coefficient (Wildman–Crippen LogP) is 0.183. The number of amides is 5. The number of rotatable bonds is 10. The van der Waals surface area contributed by atoms with Crippen molar-refractivity contribution in [2.75, 3.05) is 39.4 Å². The summed E-state index contributed by atoms with van der Waals surface area (Å²) in [6, 6.07) is -0.659. The molecule has 0 spiro atoms. The zero-order valence-corrected chi connectivity index (χ0v) is 21.7. The van der Waals surface area contributed by atoms with Gasteiger partial charge in [-0.05, 0) is 58.2 Å². The van der Waals surface area contributed by atoms with Crippen LogP contribution in [0.1, 0.15) is 46.5 Å². The molecule has 2 atom stereocenters. The van der Waals surface area contributed by atoms with Crippen molar-refractivity contribution >= 4 is 29.7 Å². The first-order valence-electron chi connectivity index (χ1n) is 12.6. The number of hydrogen-bond donors (Lipinski definition) is 3. The van der Waals surface area contributed by atoms with E-state index in [0.717, 1.165) is 5.57 Å². The molecule has 4 N–H and O–H groups in total. The Kier molecular flexibility index (Phi) is 9.44. The average Bonchev–Trinajstić information content (AvgIpc) is 3.12. The third-order valence-electron chi connectivity index (χ3n) is 6.19. The minimum atomic E-state index is -0.659. The van der Waals surface area contributed by atoms with Crippen molar-refractivity contribution < 1.29 is 33.4 Å². The number of likely N-dealkylation sites (tertiary alicyclic amines) is 1. The second-order valence-electron chi connectivity index (χ2n) is 10.3. The quantitative estimate of drug-likeness (QED) is 0.272. The van der Waals surface area contributed by atoms with Crippen molar-refractivity contribution in [3.8, 4) is 0 Å². The highest BCUT2D eigenvalue weighted by Gasteiger charge is 2.43. The van der Waals surface area contributed by atoms with Crippen LogP contribution >= 0.6 is 0 Å². The largest absolute Gasteiger partial charge is 0.444 e. The number of nitrogens with zero attached hydrogens (tertiary/aromatic N) is 2. The summed E-state index contributed by atoms with van der Waals surface area (Å²) in [7, 11) is 0. The number of carbonyl (C=O) groups is 5. The molecule has 2 heterocycles. The lowest BCUT2D eigenvalue weighted by Gasteiger charge is -2.29. The number of nitrogens with two attached hydrogens (primary N) is 1. The van der Waals surface area contributed by atoms with Crippen molar-refractivity contribution in [3.63, 3.8) is 0 Å². The van der Waals surface area contributed by atoms with Gasteiger partial charge in [0.05, 0.1) is 12.5 Å². The molecule has 3 aliphatic rings. The number of piperidine rings is 1. The molecule has 12 nitrogen and oxygen atoms in total. The molecule has 2 unspecified atom stereocenters. The van der Waals surface area contributed by atoms with Crippen LogP contribution in [0, 0.1) is 5.92 Å². The number of ether oxygens (including phenoxy) is 2. The van der Waals surface area contributed by atoms with Crippen molar-refractivity contribution in [1.29, 1.82) is 0 Å². The predicted molar refractivity (Wildman–Crippen MR) is 133 cm³/mol. The number of hydrogen-bond acceptors (Lipinski definition) is 8. The highest BCUT2D eigenvalue weighted by molar-refractivity contribution is 6.02. The van der Waals surface area contributed by atoms with Crippen molar-refractivity contribution in [2.45, 2.75) is 58.1 Å². The Hall–Kier alpha value is -3.25. The zero-order chi connectivity index (χ0) is 27.2. The summed E-state index contributed by atoms with van der Waals surface area (Å²) in [4.78, 5) is 64.3. The molecule has 5 amide bonds. The Balaban J connectivity index is 1.45. The van der Waals surface area contributed by atoms with Crippen LogP contribution in [0.5, 0.6) is 0 Å². The van der Waals surface area contributed by atoms with Gasteiger partial charge < -0.3 is 30.3 Å². The second kappa shape index (κ2) is 12.3. The Bertz CT molecular complexity index is 984. The van der Waals surface area contributed by atoms with E-state index < -0.39 is 23.6 Å². The Morgan fingerprint density at radius 3 is 2.68 bits per heavy atom. The molecule has 204 valence electrons. The smallest absolute Gasteiger partial charge is 0.410 e. The van der Waals surface area contributed by atoms with Crippen LogP contribution in [-0.2, 0) is 28.7 Å². The summed E-state index contributed by atoms with van der Waals surface area (Å²) < 4.78 is 10.9. The Morgan fingerprint density at radius 1 is 1.24 bits per heavy atom. The fourth-order valence-corrected chi connectivity index (χ4v) is 4.42. The first kappa shape index (κ1) is 28.3. The zero-order valence-electron chi connectivity index (χ0n) is 21.7. The maximum absolute atomic E-state index is 12.9. The molecule has 0 bridgehead atoms. The summed E-state index contributed by atoms with van der Waals surface area (Å²) in [5.41, 5.74) is 6.32. The molecule has 2 fully saturated rings. The van der Waals surface area contributed by atoms with E-state index in [9.17, 15) is 24.0 Å². The van der Waals surface area contributed by atoms with Crippen LogP contribution in [0.25, 0.3) is 0 Å². The summed E-state index contributed by atoms with van der Waals surface area (Å²) in [5, 5.41) is 5.07. The molecule has 0 aromatic carbocycles. The lowest BCUT2D eigenvalue weighted by atomic mass is 9.93. The van der Waals surface area contributed by atoms with Gasteiger partial charge in [0, 0.05) is 31.8 Å². The molecule has 0 aromatic rings. The van der Waals surface area contributed by atoms with Gasteiger partial charge in [0.25, 0.3) is 0 Å². The molecule has 0 radical (unpaired) electrons. The number of fused-ring (bicyclic) bond motifs is 1. The first-order chi connectivity index (χ1) is 17.5. The van der Waals surface area contributed by atoms with Crippen molar-refractivity contribution in [1.82, 2.24) is 20.4 Å². The minimum Gasteiger partial charge on any atom is -0.444 e. The molecular formula is C25H37N5O7. The third-order valence-corrected chi connectivity index (χ3v) is 6.19. The highest BCUT2D eigenvalue weighted by atomic mass is 16.6. The van der Waals surface area contributed by atoms with Gasteiger partial charge in [0.2, 0.25) is 23.6 Å². The van der Waals surface area contributed by atoms with E-state index in [2.05, 4.69) is 10.6 Å². The molecule has 2 aliphatic heterocycles. The van der Waals surface area contributed by atoms with Crippen LogP contribution in [-0.4, -0.2) is 90.6 Å². The van der Waals surface area contributed by atoms with E-state index in [-0.39, 0.29) is 56.4 Å². The first-order valence-corrected chi connectivity index (χ1v) is 12.6. The van der Waals surface area contributed by atoms with Crippen LogP contribution in [0.4, 0.5) is 4.79 Å². The van der Waals surface area contributed by atoms with Crippen LogP contribution in [0.3, 0.4) is 0 Å². The lowest BCUT2D eigenvalue weighted by molar-refractivity contribution is -0.144. The molecule has 0 aromatic heterocycles. The van der Waals surface area contributed by atoms with Gasteiger partial charge in [-0.15, -0.1) is 0 Å². The SMILES string of the molecule is CC(C)(C)OC(=O)N(CCCN)CCOCC(=O)NC1=CCC2C(=O)N(C3CCC(=O)NC3=O)CC2=C1. The van der Waals surface area contributed by atoms with Gasteiger partial charge >= 0.3 is 6.09 Å². The number of carbonyl (C=O) groups excluding carboxylic acids is 5. The van der Waals surface area contributed by atoms with Crippen LogP contribution in [0.15, 0.2) is 23.4 Å². The minimum absolute atomic E-state index is 0.144. The molecule has 2 saturated heterocycles. The third kappa shape index (κ3) is 7.86. The maximum Gasteiger partial charge on any atom is 0.410 e. The number of allylic oxidation sites excluding steroid dienone is 2. The standard InChI is InChI=1S/C25H37N5O7/c1-25(2,3)37-24(35)29(10-4-9-26)11-12-36-15-21(32)27-17-5-6-18-16(13-17)14-30(23(18)34)19-7-8-20(31)28-22(19)33/h5,13,18-19H,4,6-12,14-15,26H2,1-3H3,(H,27,32)(H,28,31,33).